The lowest BCUT2D eigenvalue weighted by molar-refractivity contribution is 0.0482. The van der Waals surface area contributed by atoms with Crippen molar-refractivity contribution in [1.29, 1.82) is 0 Å². The van der Waals surface area contributed by atoms with E-state index >= 15 is 0 Å². The SMILES string of the molecule is Cc1cc(C(=O)OCCCNC(=O)OC(C)(C)C)c(C)n1-c1cccnc1. The smallest absolute Gasteiger partial charge is 0.407 e. The molecule has 0 aliphatic carbocycles. The van der Waals surface area contributed by atoms with E-state index in [9.17, 15) is 9.59 Å². The van der Waals surface area contributed by atoms with Gasteiger partial charge in [0.25, 0.3) is 0 Å². The number of rotatable bonds is 6. The molecule has 2 aromatic rings. The molecule has 27 heavy (non-hydrogen) atoms. The van der Waals surface area contributed by atoms with Crippen molar-refractivity contribution in [2.24, 2.45) is 0 Å². The molecule has 7 heteroatoms. The number of carbonyl (C=O) groups is 2. The molecule has 0 aliphatic heterocycles. The Balaban J connectivity index is 1.86. The molecule has 0 atom stereocenters. The minimum atomic E-state index is -0.534. The number of carbonyl (C=O) groups excluding carboxylic acids is 2. The largest absolute Gasteiger partial charge is 0.462 e. The summed E-state index contributed by atoms with van der Waals surface area (Å²) in [4.78, 5) is 28.1. The highest BCUT2D eigenvalue weighted by molar-refractivity contribution is 5.91. The van der Waals surface area contributed by atoms with Crippen LogP contribution in [0.3, 0.4) is 0 Å². The zero-order valence-electron chi connectivity index (χ0n) is 16.5. The third-order valence-corrected chi connectivity index (χ3v) is 3.78. The van der Waals surface area contributed by atoms with Gasteiger partial charge in [-0.3, -0.25) is 4.98 Å². The molecular weight excluding hydrogens is 346 g/mol. The molecule has 0 radical (unpaired) electrons. The average molecular weight is 373 g/mol. The molecule has 2 aromatic heterocycles. The second kappa shape index (κ2) is 8.70. The number of alkyl carbamates (subject to hydrolysis) is 1. The molecular formula is C20H27N3O4. The van der Waals surface area contributed by atoms with E-state index in [1.165, 1.54) is 0 Å². The molecule has 2 rings (SSSR count). The van der Waals surface area contributed by atoms with E-state index in [1.807, 2.05) is 36.6 Å². The summed E-state index contributed by atoms with van der Waals surface area (Å²) < 4.78 is 12.4. The highest BCUT2D eigenvalue weighted by Gasteiger charge is 2.18. The van der Waals surface area contributed by atoms with Gasteiger partial charge in [-0.15, -0.1) is 0 Å². The highest BCUT2D eigenvalue weighted by Crippen LogP contribution is 2.21. The summed E-state index contributed by atoms with van der Waals surface area (Å²) in [6.45, 7) is 9.80. The van der Waals surface area contributed by atoms with E-state index in [0.717, 1.165) is 17.1 Å². The Morgan fingerprint density at radius 3 is 2.63 bits per heavy atom. The number of hydrogen-bond acceptors (Lipinski definition) is 5. The number of amides is 1. The topological polar surface area (TPSA) is 82.5 Å². The lowest BCUT2D eigenvalue weighted by Gasteiger charge is -2.19. The first-order valence-corrected chi connectivity index (χ1v) is 8.92. The van der Waals surface area contributed by atoms with Gasteiger partial charge >= 0.3 is 12.1 Å². The quantitative estimate of drug-likeness (QED) is 0.618. The van der Waals surface area contributed by atoms with Gasteiger partial charge in [-0.2, -0.15) is 0 Å². The van der Waals surface area contributed by atoms with E-state index in [4.69, 9.17) is 9.47 Å². The summed E-state index contributed by atoms with van der Waals surface area (Å²) in [5.41, 5.74) is 2.62. The number of esters is 1. The van der Waals surface area contributed by atoms with Crippen molar-refractivity contribution in [3.8, 4) is 5.69 Å². The maximum Gasteiger partial charge on any atom is 0.407 e. The first kappa shape index (κ1) is 20.5. The van der Waals surface area contributed by atoms with Crippen molar-refractivity contribution in [2.75, 3.05) is 13.2 Å². The first-order valence-electron chi connectivity index (χ1n) is 8.92. The summed E-state index contributed by atoms with van der Waals surface area (Å²) in [7, 11) is 0. The second-order valence-electron chi connectivity index (χ2n) is 7.25. The Labute approximate surface area is 159 Å². The molecule has 0 fully saturated rings. The molecule has 0 unspecified atom stereocenters. The van der Waals surface area contributed by atoms with Crippen LogP contribution in [0.15, 0.2) is 30.6 Å². The van der Waals surface area contributed by atoms with Gasteiger partial charge in [0.2, 0.25) is 0 Å². The number of nitrogens with zero attached hydrogens (tertiary/aromatic N) is 2. The van der Waals surface area contributed by atoms with Crippen LogP contribution in [-0.4, -0.2) is 40.4 Å². The van der Waals surface area contributed by atoms with Crippen LogP contribution >= 0.6 is 0 Å². The third-order valence-electron chi connectivity index (χ3n) is 3.78. The normalized spacial score (nSPS) is 11.1. The van der Waals surface area contributed by atoms with E-state index in [1.54, 1.807) is 33.2 Å². The molecule has 0 saturated carbocycles. The number of pyridine rings is 1. The molecule has 146 valence electrons. The minimum Gasteiger partial charge on any atom is -0.462 e. The van der Waals surface area contributed by atoms with E-state index < -0.39 is 11.7 Å². The van der Waals surface area contributed by atoms with Crippen molar-refractivity contribution in [3.63, 3.8) is 0 Å². The fraction of sp³-hybridized carbons (Fsp3) is 0.450. The third kappa shape index (κ3) is 5.84. The fourth-order valence-corrected chi connectivity index (χ4v) is 2.67. The Morgan fingerprint density at radius 1 is 1.26 bits per heavy atom. The van der Waals surface area contributed by atoms with Gasteiger partial charge in [-0.05, 0) is 59.2 Å². The zero-order chi connectivity index (χ0) is 20.0. The maximum atomic E-state index is 12.4. The van der Waals surface area contributed by atoms with Crippen LogP contribution in [0.2, 0.25) is 0 Å². The highest BCUT2D eigenvalue weighted by atomic mass is 16.6. The van der Waals surface area contributed by atoms with Crippen molar-refractivity contribution in [2.45, 2.75) is 46.6 Å². The van der Waals surface area contributed by atoms with Crippen LogP contribution in [0.25, 0.3) is 5.69 Å². The number of ether oxygens (including phenoxy) is 2. The summed E-state index contributed by atoms with van der Waals surface area (Å²) in [5.74, 6) is -0.379. The van der Waals surface area contributed by atoms with E-state index in [-0.39, 0.29) is 12.6 Å². The van der Waals surface area contributed by atoms with Crippen molar-refractivity contribution >= 4 is 12.1 Å². The Morgan fingerprint density at radius 2 is 2.00 bits per heavy atom. The molecule has 2 heterocycles. The number of aromatic nitrogens is 2. The molecule has 1 N–H and O–H groups in total. The van der Waals surface area contributed by atoms with Crippen molar-refractivity contribution < 1.29 is 19.1 Å². The van der Waals surface area contributed by atoms with Gasteiger partial charge < -0.3 is 19.4 Å². The van der Waals surface area contributed by atoms with Crippen LogP contribution in [0.1, 0.15) is 48.9 Å². The molecule has 0 saturated heterocycles. The van der Waals surface area contributed by atoms with Crippen LogP contribution in [0.4, 0.5) is 4.79 Å². The number of hydrogen-bond donors (Lipinski definition) is 1. The van der Waals surface area contributed by atoms with Crippen LogP contribution < -0.4 is 5.32 Å². The predicted molar refractivity (Wildman–Crippen MR) is 102 cm³/mol. The maximum absolute atomic E-state index is 12.4. The average Bonchev–Trinajstić information content (AvgIpc) is 2.88. The van der Waals surface area contributed by atoms with Gasteiger partial charge in [-0.1, -0.05) is 0 Å². The molecule has 0 aliphatic rings. The van der Waals surface area contributed by atoms with Gasteiger partial charge in [0.05, 0.1) is 24.1 Å². The Kier molecular flexibility index (Phi) is 6.60. The van der Waals surface area contributed by atoms with Crippen molar-refractivity contribution in [1.82, 2.24) is 14.9 Å². The minimum absolute atomic E-state index is 0.213. The summed E-state index contributed by atoms with van der Waals surface area (Å²) in [6.07, 6.45) is 3.48. The molecule has 1 amide bonds. The van der Waals surface area contributed by atoms with Crippen LogP contribution in [-0.2, 0) is 9.47 Å². The fourth-order valence-electron chi connectivity index (χ4n) is 2.67. The van der Waals surface area contributed by atoms with Crippen LogP contribution in [0, 0.1) is 13.8 Å². The van der Waals surface area contributed by atoms with E-state index in [2.05, 4.69) is 10.3 Å². The van der Waals surface area contributed by atoms with Gasteiger partial charge in [0.15, 0.2) is 0 Å². The van der Waals surface area contributed by atoms with Crippen molar-refractivity contribution in [3.05, 3.63) is 47.5 Å². The predicted octanol–water partition coefficient (Wildman–Crippen LogP) is 3.56. The number of aryl methyl sites for hydroxylation is 1. The van der Waals surface area contributed by atoms with Crippen LogP contribution in [0.5, 0.6) is 0 Å². The van der Waals surface area contributed by atoms with Gasteiger partial charge in [-0.25, -0.2) is 9.59 Å². The molecule has 0 aromatic carbocycles. The lowest BCUT2D eigenvalue weighted by Crippen LogP contribution is -2.33. The second-order valence-corrected chi connectivity index (χ2v) is 7.25. The number of nitrogens with one attached hydrogen (secondary N) is 1. The summed E-state index contributed by atoms with van der Waals surface area (Å²) >= 11 is 0. The molecule has 7 nitrogen and oxygen atoms in total. The van der Waals surface area contributed by atoms with E-state index in [0.29, 0.717) is 18.5 Å². The lowest BCUT2D eigenvalue weighted by atomic mass is 10.2. The molecule has 0 bridgehead atoms. The zero-order valence-corrected chi connectivity index (χ0v) is 16.5. The van der Waals surface area contributed by atoms with Gasteiger partial charge in [0, 0.05) is 24.1 Å². The monoisotopic (exact) mass is 373 g/mol. The Hall–Kier alpha value is -2.83. The summed E-state index contributed by atoms with van der Waals surface area (Å²) in [5, 5.41) is 2.64. The van der Waals surface area contributed by atoms with Gasteiger partial charge in [0.1, 0.15) is 5.60 Å². The Bertz CT molecular complexity index is 792. The summed E-state index contributed by atoms with van der Waals surface area (Å²) in [6, 6.07) is 5.60. The first-order chi connectivity index (χ1) is 12.7. The molecule has 0 spiro atoms. The standard InChI is InChI=1S/C20H27N3O4/c1-14-12-17(15(2)23(14)16-8-6-9-21-13-16)18(24)26-11-7-10-22-19(25)27-20(3,4)5/h6,8-9,12-13H,7,10-11H2,1-5H3,(H,22,25).